The smallest absolute Gasteiger partial charge is 0.331 e. The Labute approximate surface area is 189 Å². The molecule has 0 aromatic heterocycles. The van der Waals surface area contributed by atoms with E-state index in [0.29, 0.717) is 32.1 Å². The number of aldehydes is 1. The normalized spacial score (nSPS) is 15.4. The summed E-state index contributed by atoms with van der Waals surface area (Å²) in [6.07, 6.45) is 6.01. The van der Waals surface area contributed by atoms with Crippen LogP contribution in [0.1, 0.15) is 92.9 Å². The molecule has 0 aromatic carbocycles. The first kappa shape index (κ1) is 30.2. The van der Waals surface area contributed by atoms with Crippen molar-refractivity contribution < 1.29 is 33.0 Å². The van der Waals surface area contributed by atoms with E-state index < -0.39 is 25.1 Å². The van der Waals surface area contributed by atoms with Gasteiger partial charge in [-0.1, -0.05) is 26.2 Å². The number of hydrogen-bond donors (Lipinski definition) is 1. The third-order valence-electron chi connectivity index (χ3n) is 5.04. The Kier molecular flexibility index (Phi) is 15.6. The molecule has 8 heteroatoms. The van der Waals surface area contributed by atoms with Crippen molar-refractivity contribution in [2.45, 2.75) is 105 Å². The molecule has 7 nitrogen and oxygen atoms in total. The van der Waals surface area contributed by atoms with Gasteiger partial charge in [0.1, 0.15) is 6.29 Å². The van der Waals surface area contributed by atoms with Crippen LogP contribution in [0.15, 0.2) is 0 Å². The predicted octanol–water partition coefficient (Wildman–Crippen LogP) is 6.09. The average molecular weight is 465 g/mol. The number of hydrogen-bond acceptors (Lipinski definition) is 6. The van der Waals surface area contributed by atoms with Crippen LogP contribution >= 0.6 is 7.60 Å². The van der Waals surface area contributed by atoms with E-state index in [1.165, 1.54) is 0 Å². The molecule has 0 amide bonds. The fourth-order valence-electron chi connectivity index (χ4n) is 3.74. The molecule has 3 atom stereocenters. The second-order valence-electron chi connectivity index (χ2n) is 9.02. The van der Waals surface area contributed by atoms with Gasteiger partial charge < -0.3 is 23.7 Å². The predicted molar refractivity (Wildman–Crippen MR) is 124 cm³/mol. The minimum absolute atomic E-state index is 0.136. The van der Waals surface area contributed by atoms with Crippen LogP contribution in [0.2, 0.25) is 0 Å². The molecule has 184 valence electrons. The highest BCUT2D eigenvalue weighted by molar-refractivity contribution is 7.53. The second-order valence-corrected chi connectivity index (χ2v) is 11.1. The molecule has 0 spiro atoms. The number of rotatable bonds is 19. The SMILES string of the molecule is CCCCC(OC(C)(C)C)C(CC(CCCCC=O)C(=O)O)CP(=O)(OCC)OCC. The lowest BCUT2D eigenvalue weighted by molar-refractivity contribution is -0.143. The van der Waals surface area contributed by atoms with Gasteiger partial charge in [0.05, 0.1) is 37.0 Å². The number of carbonyl (C=O) groups excluding carboxylic acids is 1. The summed E-state index contributed by atoms with van der Waals surface area (Å²) in [4.78, 5) is 22.6. The van der Waals surface area contributed by atoms with Crippen molar-refractivity contribution in [2.24, 2.45) is 11.8 Å². The Bertz CT molecular complexity index is 535. The number of carbonyl (C=O) groups is 2. The van der Waals surface area contributed by atoms with Gasteiger partial charge in [-0.05, 0) is 66.2 Å². The highest BCUT2D eigenvalue weighted by Crippen LogP contribution is 2.51. The van der Waals surface area contributed by atoms with E-state index in [1.54, 1.807) is 13.8 Å². The average Bonchev–Trinajstić information content (AvgIpc) is 2.66. The molecule has 0 bridgehead atoms. The summed E-state index contributed by atoms with van der Waals surface area (Å²) in [5, 5.41) is 9.83. The Balaban J connectivity index is 5.78. The fourth-order valence-corrected chi connectivity index (χ4v) is 5.77. The first-order chi connectivity index (χ1) is 14.5. The summed E-state index contributed by atoms with van der Waals surface area (Å²) >= 11 is 0. The van der Waals surface area contributed by atoms with E-state index in [2.05, 4.69) is 6.92 Å². The van der Waals surface area contributed by atoms with Crippen LogP contribution in [0.3, 0.4) is 0 Å². The Morgan fingerprint density at radius 2 is 1.65 bits per heavy atom. The Morgan fingerprint density at radius 3 is 2.10 bits per heavy atom. The maximum Gasteiger partial charge on any atom is 0.331 e. The quantitative estimate of drug-likeness (QED) is 0.140. The van der Waals surface area contributed by atoms with Gasteiger partial charge in [0.2, 0.25) is 0 Å². The summed E-state index contributed by atoms with van der Waals surface area (Å²) in [5.41, 5.74) is -0.416. The van der Waals surface area contributed by atoms with E-state index >= 15 is 0 Å². The maximum absolute atomic E-state index is 13.3. The molecule has 0 saturated carbocycles. The van der Waals surface area contributed by atoms with Crippen LogP contribution in [-0.4, -0.2) is 48.4 Å². The molecule has 0 saturated heterocycles. The summed E-state index contributed by atoms with van der Waals surface area (Å²) in [5.74, 6) is -1.74. The van der Waals surface area contributed by atoms with Crippen LogP contribution in [0, 0.1) is 11.8 Å². The van der Waals surface area contributed by atoms with Gasteiger partial charge >= 0.3 is 13.6 Å². The van der Waals surface area contributed by atoms with Gasteiger partial charge in [-0.25, -0.2) is 0 Å². The molecule has 0 aliphatic carbocycles. The third-order valence-corrected chi connectivity index (χ3v) is 7.26. The number of ether oxygens (including phenoxy) is 1. The molecule has 0 aliphatic rings. The molecule has 0 aliphatic heterocycles. The molecule has 0 radical (unpaired) electrons. The summed E-state index contributed by atoms with van der Waals surface area (Å²) < 4.78 is 30.8. The zero-order valence-electron chi connectivity index (χ0n) is 20.4. The molecule has 3 unspecified atom stereocenters. The van der Waals surface area contributed by atoms with Gasteiger partial charge in [-0.2, -0.15) is 0 Å². The van der Waals surface area contributed by atoms with Gasteiger partial charge in [0, 0.05) is 6.42 Å². The minimum atomic E-state index is -3.37. The van der Waals surface area contributed by atoms with E-state index in [4.69, 9.17) is 13.8 Å². The molecule has 31 heavy (non-hydrogen) atoms. The lowest BCUT2D eigenvalue weighted by Crippen LogP contribution is -2.37. The number of unbranched alkanes of at least 4 members (excludes halogenated alkanes) is 3. The van der Waals surface area contributed by atoms with Crippen LogP contribution < -0.4 is 0 Å². The topological polar surface area (TPSA) is 99.1 Å². The molecule has 1 N–H and O–H groups in total. The summed E-state index contributed by atoms with van der Waals surface area (Å²) in [7, 11) is -3.37. The van der Waals surface area contributed by atoms with E-state index in [9.17, 15) is 19.3 Å². The molecule has 0 aromatic rings. The molecule has 0 fully saturated rings. The molecule has 0 heterocycles. The maximum atomic E-state index is 13.3. The minimum Gasteiger partial charge on any atom is -0.481 e. The van der Waals surface area contributed by atoms with Crippen LogP contribution in [0.5, 0.6) is 0 Å². The van der Waals surface area contributed by atoms with E-state index in [-0.39, 0.29) is 31.4 Å². The Morgan fingerprint density at radius 1 is 1.03 bits per heavy atom. The van der Waals surface area contributed by atoms with Gasteiger partial charge in [0.15, 0.2) is 0 Å². The van der Waals surface area contributed by atoms with E-state index in [1.807, 2.05) is 20.8 Å². The largest absolute Gasteiger partial charge is 0.481 e. The van der Waals surface area contributed by atoms with Crippen molar-refractivity contribution in [2.75, 3.05) is 19.4 Å². The highest BCUT2D eigenvalue weighted by atomic mass is 31.2. The molecular weight excluding hydrogens is 419 g/mol. The third kappa shape index (κ3) is 14.1. The van der Waals surface area contributed by atoms with Crippen molar-refractivity contribution in [3.8, 4) is 0 Å². The first-order valence-corrected chi connectivity index (χ1v) is 13.5. The van der Waals surface area contributed by atoms with Gasteiger partial charge in [-0.15, -0.1) is 0 Å². The van der Waals surface area contributed by atoms with Gasteiger partial charge in [-0.3, -0.25) is 9.36 Å². The van der Waals surface area contributed by atoms with Gasteiger partial charge in [0.25, 0.3) is 0 Å². The number of aliphatic carboxylic acids is 1. The van der Waals surface area contributed by atoms with Crippen LogP contribution in [0.4, 0.5) is 0 Å². The Hall–Kier alpha value is -0.750. The standard InChI is InChI=1S/C23H45O7P/c1-7-10-15-21(30-23(4,5)6)20(18-31(27,28-8-2)29-9-3)17-19(22(25)26)14-12-11-13-16-24/h16,19-21H,7-15,17-18H2,1-6H3,(H,25,26). The summed E-state index contributed by atoms with van der Waals surface area (Å²) in [6.45, 7) is 12.1. The van der Waals surface area contributed by atoms with E-state index in [0.717, 1.165) is 25.5 Å². The monoisotopic (exact) mass is 464 g/mol. The fraction of sp³-hybridized carbons (Fsp3) is 0.913. The highest BCUT2D eigenvalue weighted by Gasteiger charge is 2.37. The van der Waals surface area contributed by atoms with Crippen molar-refractivity contribution in [1.29, 1.82) is 0 Å². The van der Waals surface area contributed by atoms with Crippen molar-refractivity contribution in [1.82, 2.24) is 0 Å². The first-order valence-electron chi connectivity index (χ1n) is 11.7. The lowest BCUT2D eigenvalue weighted by atomic mass is 9.86. The zero-order chi connectivity index (χ0) is 23.9. The lowest BCUT2D eigenvalue weighted by Gasteiger charge is -2.36. The van der Waals surface area contributed by atoms with Crippen molar-refractivity contribution in [3.05, 3.63) is 0 Å². The van der Waals surface area contributed by atoms with Crippen molar-refractivity contribution >= 4 is 19.9 Å². The number of carboxylic acid groups (broad SMARTS) is 1. The molecular formula is C23H45O7P. The van der Waals surface area contributed by atoms with Crippen molar-refractivity contribution in [3.63, 3.8) is 0 Å². The number of carboxylic acids is 1. The second kappa shape index (κ2) is 16.0. The molecule has 0 rings (SSSR count). The van der Waals surface area contributed by atoms with Crippen LogP contribution in [-0.2, 0) is 27.9 Å². The zero-order valence-corrected chi connectivity index (χ0v) is 21.3. The van der Waals surface area contributed by atoms with Crippen LogP contribution in [0.25, 0.3) is 0 Å². The summed E-state index contributed by atoms with van der Waals surface area (Å²) in [6, 6.07) is 0.